The Kier molecular flexibility index (Phi) is 4.54. The van der Waals surface area contributed by atoms with Gasteiger partial charge < -0.3 is 10.1 Å². The van der Waals surface area contributed by atoms with Crippen LogP contribution in [-0.2, 0) is 14.8 Å². The summed E-state index contributed by atoms with van der Waals surface area (Å²) in [4.78, 5) is 0. The second kappa shape index (κ2) is 5.98. The van der Waals surface area contributed by atoms with Gasteiger partial charge in [0.2, 0.25) is 10.0 Å². The van der Waals surface area contributed by atoms with Gasteiger partial charge in [-0.3, -0.25) is 4.72 Å². The van der Waals surface area contributed by atoms with Crippen molar-refractivity contribution >= 4 is 33.0 Å². The minimum atomic E-state index is -3.31. The summed E-state index contributed by atoms with van der Waals surface area (Å²) in [5, 5.41) is 3.75. The predicted octanol–water partition coefficient (Wildman–Crippen LogP) is 2.30. The van der Waals surface area contributed by atoms with Crippen LogP contribution >= 0.6 is 11.6 Å². The average Bonchev–Trinajstić information content (AvgIpc) is 2.33. The molecule has 0 aromatic heterocycles. The van der Waals surface area contributed by atoms with E-state index in [9.17, 15) is 8.42 Å². The molecule has 1 fully saturated rings. The minimum absolute atomic E-state index is 0.374. The van der Waals surface area contributed by atoms with Crippen LogP contribution in [0.4, 0.5) is 11.4 Å². The van der Waals surface area contributed by atoms with Crippen molar-refractivity contribution in [2.24, 2.45) is 0 Å². The number of sulfonamides is 1. The monoisotopic (exact) mass is 304 g/mol. The lowest BCUT2D eigenvalue weighted by molar-refractivity contribution is 0.0904. The van der Waals surface area contributed by atoms with Gasteiger partial charge in [0.1, 0.15) is 0 Å². The maximum absolute atomic E-state index is 11.2. The first-order valence-electron chi connectivity index (χ1n) is 6.06. The molecule has 0 unspecified atom stereocenters. The molecule has 106 valence electrons. The normalized spacial score (nSPS) is 17.2. The van der Waals surface area contributed by atoms with Crippen molar-refractivity contribution in [2.45, 2.75) is 18.9 Å². The van der Waals surface area contributed by atoms with E-state index < -0.39 is 10.0 Å². The van der Waals surface area contributed by atoms with Gasteiger partial charge in [0.15, 0.2) is 0 Å². The highest BCUT2D eigenvalue weighted by atomic mass is 35.5. The van der Waals surface area contributed by atoms with Gasteiger partial charge in [0.25, 0.3) is 0 Å². The number of halogens is 1. The van der Waals surface area contributed by atoms with E-state index in [1.165, 1.54) is 0 Å². The number of nitrogens with one attached hydrogen (secondary N) is 2. The standard InChI is InChI=1S/C12H17ClN2O3S/c1-19(16,17)15-12-3-2-10(8-11(12)13)14-9-4-6-18-7-5-9/h2-3,8-9,14-15H,4-7H2,1H3. The number of hydrogen-bond donors (Lipinski definition) is 2. The SMILES string of the molecule is CS(=O)(=O)Nc1ccc(NC2CCOCC2)cc1Cl. The summed E-state index contributed by atoms with van der Waals surface area (Å²) < 4.78 is 30.0. The van der Waals surface area contributed by atoms with Gasteiger partial charge in [-0.2, -0.15) is 0 Å². The molecule has 2 rings (SSSR count). The number of ether oxygens (including phenoxy) is 1. The Morgan fingerprint density at radius 2 is 2.00 bits per heavy atom. The molecular formula is C12H17ClN2O3S. The molecule has 1 aromatic carbocycles. The smallest absolute Gasteiger partial charge is 0.229 e. The van der Waals surface area contributed by atoms with Gasteiger partial charge in [-0.15, -0.1) is 0 Å². The Bertz CT molecular complexity index is 542. The second-order valence-corrected chi connectivity index (χ2v) is 6.76. The highest BCUT2D eigenvalue weighted by molar-refractivity contribution is 7.92. The fraction of sp³-hybridized carbons (Fsp3) is 0.500. The van der Waals surface area contributed by atoms with E-state index in [2.05, 4.69) is 10.0 Å². The molecule has 1 aliphatic rings. The molecule has 0 bridgehead atoms. The van der Waals surface area contributed by atoms with E-state index in [1.807, 2.05) is 6.07 Å². The lowest BCUT2D eigenvalue weighted by Crippen LogP contribution is -2.27. The highest BCUT2D eigenvalue weighted by Gasteiger charge is 2.14. The Balaban J connectivity index is 2.05. The van der Waals surface area contributed by atoms with E-state index in [0.717, 1.165) is 38.0 Å². The summed E-state index contributed by atoms with van der Waals surface area (Å²) in [6, 6.07) is 5.57. The molecule has 2 N–H and O–H groups in total. The van der Waals surface area contributed by atoms with Crippen molar-refractivity contribution < 1.29 is 13.2 Å². The molecule has 1 aromatic rings. The van der Waals surface area contributed by atoms with Gasteiger partial charge in [-0.05, 0) is 31.0 Å². The molecule has 0 atom stereocenters. The van der Waals surface area contributed by atoms with Crippen molar-refractivity contribution in [3.05, 3.63) is 23.2 Å². The lowest BCUT2D eigenvalue weighted by Gasteiger charge is -2.24. The third-order valence-corrected chi connectivity index (χ3v) is 3.76. The summed E-state index contributed by atoms with van der Waals surface area (Å²) >= 11 is 6.06. The molecule has 1 heterocycles. The number of anilines is 2. The van der Waals surface area contributed by atoms with E-state index in [-0.39, 0.29) is 0 Å². The molecule has 0 spiro atoms. The molecule has 0 radical (unpaired) electrons. The second-order valence-electron chi connectivity index (χ2n) is 4.60. The number of hydrogen-bond acceptors (Lipinski definition) is 4. The zero-order valence-corrected chi connectivity index (χ0v) is 12.2. The Morgan fingerprint density at radius 3 is 2.58 bits per heavy atom. The summed E-state index contributed by atoms with van der Waals surface area (Å²) in [7, 11) is -3.31. The van der Waals surface area contributed by atoms with Gasteiger partial charge in [-0.1, -0.05) is 11.6 Å². The maximum atomic E-state index is 11.2. The fourth-order valence-electron chi connectivity index (χ4n) is 1.97. The summed E-state index contributed by atoms with van der Waals surface area (Å²) in [5.41, 5.74) is 1.28. The first-order chi connectivity index (χ1) is 8.94. The van der Waals surface area contributed by atoms with E-state index in [1.54, 1.807) is 12.1 Å². The van der Waals surface area contributed by atoms with Crippen molar-refractivity contribution in [1.29, 1.82) is 0 Å². The molecule has 1 saturated heterocycles. The van der Waals surface area contributed by atoms with Crippen LogP contribution in [0, 0.1) is 0 Å². The molecule has 5 nitrogen and oxygen atoms in total. The largest absolute Gasteiger partial charge is 0.382 e. The third-order valence-electron chi connectivity index (χ3n) is 2.86. The van der Waals surface area contributed by atoms with Crippen LogP contribution in [0.2, 0.25) is 5.02 Å². The number of rotatable bonds is 4. The lowest BCUT2D eigenvalue weighted by atomic mass is 10.1. The van der Waals surface area contributed by atoms with Gasteiger partial charge in [0, 0.05) is 24.9 Å². The van der Waals surface area contributed by atoms with E-state index in [4.69, 9.17) is 16.3 Å². The Hall–Kier alpha value is -0.980. The van der Waals surface area contributed by atoms with Crippen LogP contribution in [0.5, 0.6) is 0 Å². The Labute approximate surface area is 118 Å². The van der Waals surface area contributed by atoms with Gasteiger partial charge in [0.05, 0.1) is 17.0 Å². The van der Waals surface area contributed by atoms with E-state index >= 15 is 0 Å². The van der Waals surface area contributed by atoms with Crippen LogP contribution in [0.3, 0.4) is 0 Å². The molecular weight excluding hydrogens is 288 g/mol. The maximum Gasteiger partial charge on any atom is 0.229 e. The van der Waals surface area contributed by atoms with Crippen molar-refractivity contribution in [3.63, 3.8) is 0 Å². The summed E-state index contributed by atoms with van der Waals surface area (Å²) in [6.45, 7) is 1.53. The predicted molar refractivity (Wildman–Crippen MR) is 77.4 cm³/mol. The quantitative estimate of drug-likeness (QED) is 0.895. The molecule has 1 aliphatic heterocycles. The molecule has 19 heavy (non-hydrogen) atoms. The van der Waals surface area contributed by atoms with Crippen LogP contribution in [0.15, 0.2) is 18.2 Å². The molecule has 0 amide bonds. The van der Waals surface area contributed by atoms with Crippen LogP contribution in [0.1, 0.15) is 12.8 Å². The minimum Gasteiger partial charge on any atom is -0.382 e. The third kappa shape index (κ3) is 4.56. The van der Waals surface area contributed by atoms with Crippen molar-refractivity contribution in [1.82, 2.24) is 0 Å². The van der Waals surface area contributed by atoms with Crippen molar-refractivity contribution in [3.8, 4) is 0 Å². The zero-order chi connectivity index (χ0) is 13.9. The highest BCUT2D eigenvalue weighted by Crippen LogP contribution is 2.27. The summed E-state index contributed by atoms with van der Waals surface area (Å²) in [5.74, 6) is 0. The first kappa shape index (κ1) is 14.4. The van der Waals surface area contributed by atoms with Gasteiger partial charge >= 0.3 is 0 Å². The topological polar surface area (TPSA) is 67.4 Å². The van der Waals surface area contributed by atoms with Crippen LogP contribution in [0.25, 0.3) is 0 Å². The Morgan fingerprint density at radius 1 is 1.32 bits per heavy atom. The zero-order valence-electron chi connectivity index (χ0n) is 10.6. The fourth-order valence-corrected chi connectivity index (χ4v) is 2.83. The molecule has 0 saturated carbocycles. The van der Waals surface area contributed by atoms with Crippen LogP contribution in [-0.4, -0.2) is 33.9 Å². The van der Waals surface area contributed by atoms with Crippen LogP contribution < -0.4 is 10.0 Å². The van der Waals surface area contributed by atoms with E-state index in [0.29, 0.717) is 16.8 Å². The molecule has 0 aliphatic carbocycles. The molecule has 7 heteroatoms. The van der Waals surface area contributed by atoms with Gasteiger partial charge in [-0.25, -0.2) is 8.42 Å². The summed E-state index contributed by atoms with van der Waals surface area (Å²) in [6.07, 6.45) is 3.01. The average molecular weight is 305 g/mol. The first-order valence-corrected chi connectivity index (χ1v) is 8.32. The number of benzene rings is 1. The van der Waals surface area contributed by atoms with Crippen molar-refractivity contribution in [2.75, 3.05) is 29.5 Å².